The van der Waals surface area contributed by atoms with E-state index in [2.05, 4.69) is 0 Å². The minimum absolute atomic E-state index is 0.750. The molecule has 0 aromatic heterocycles. The summed E-state index contributed by atoms with van der Waals surface area (Å²) in [7, 11) is 3.93. The molecule has 0 bridgehead atoms. The molecule has 0 aromatic carbocycles. The molecule has 2 nitrogen and oxygen atoms in total. The van der Waals surface area contributed by atoms with E-state index in [1.54, 1.807) is 12.2 Å². The maximum Gasteiger partial charge on any atom is 0.142 e. The van der Waals surface area contributed by atoms with Gasteiger partial charge in [0, 0.05) is 14.1 Å². The summed E-state index contributed by atoms with van der Waals surface area (Å²) >= 11 is 0. The Balaban J connectivity index is 3.68. The van der Waals surface area contributed by atoms with Crippen molar-refractivity contribution >= 4 is 6.29 Å². The molecule has 70 valence electrons. The first-order chi connectivity index (χ1) is 6.27. The van der Waals surface area contributed by atoms with Crippen LogP contribution in [0.4, 0.5) is 0 Å². The van der Waals surface area contributed by atoms with Gasteiger partial charge in [-0.3, -0.25) is 4.79 Å². The molecule has 0 radical (unpaired) electrons. The summed E-state index contributed by atoms with van der Waals surface area (Å²) in [4.78, 5) is 11.8. The highest BCUT2D eigenvalue weighted by atomic mass is 16.1. The number of hydrogen-bond acceptors (Lipinski definition) is 2. The third kappa shape index (κ3) is 10.4. The van der Waals surface area contributed by atoms with Crippen molar-refractivity contribution in [1.29, 1.82) is 0 Å². The van der Waals surface area contributed by atoms with Crippen LogP contribution in [0.25, 0.3) is 0 Å². The van der Waals surface area contributed by atoms with Gasteiger partial charge in [0.1, 0.15) is 6.29 Å². The van der Waals surface area contributed by atoms with Gasteiger partial charge in [0.2, 0.25) is 0 Å². The van der Waals surface area contributed by atoms with E-state index in [0.717, 1.165) is 6.29 Å². The molecular weight excluding hydrogens is 162 g/mol. The Labute approximate surface area is 79.6 Å². The van der Waals surface area contributed by atoms with Gasteiger partial charge in [0.25, 0.3) is 0 Å². The van der Waals surface area contributed by atoms with Crippen molar-refractivity contribution in [3.8, 4) is 0 Å². The van der Waals surface area contributed by atoms with Gasteiger partial charge in [0.15, 0.2) is 0 Å². The minimum Gasteiger partial charge on any atom is -0.383 e. The van der Waals surface area contributed by atoms with Crippen LogP contribution in [-0.2, 0) is 4.79 Å². The number of carbonyl (C=O) groups is 1. The van der Waals surface area contributed by atoms with Crippen molar-refractivity contribution in [2.45, 2.75) is 0 Å². The molecular formula is C11H15NO. The van der Waals surface area contributed by atoms with Crippen LogP contribution in [0.5, 0.6) is 0 Å². The zero-order chi connectivity index (χ0) is 9.94. The van der Waals surface area contributed by atoms with E-state index >= 15 is 0 Å². The quantitative estimate of drug-likeness (QED) is 0.363. The zero-order valence-electron chi connectivity index (χ0n) is 8.05. The molecule has 0 aliphatic heterocycles. The minimum atomic E-state index is 0.750. The molecule has 0 saturated carbocycles. The molecule has 0 heterocycles. The molecule has 0 saturated heterocycles. The van der Waals surface area contributed by atoms with Gasteiger partial charge in [-0.2, -0.15) is 0 Å². The SMILES string of the molecule is CN(C)C=CC=CC=CC=CC=O. The second kappa shape index (κ2) is 8.53. The summed E-state index contributed by atoms with van der Waals surface area (Å²) in [6.07, 6.45) is 15.3. The number of hydrogen-bond donors (Lipinski definition) is 0. The van der Waals surface area contributed by atoms with Gasteiger partial charge in [-0.1, -0.05) is 30.4 Å². The topological polar surface area (TPSA) is 20.3 Å². The Bertz CT molecular complexity index is 234. The molecule has 0 aliphatic carbocycles. The highest BCUT2D eigenvalue weighted by molar-refractivity contribution is 5.65. The summed E-state index contributed by atoms with van der Waals surface area (Å²) in [5, 5.41) is 0. The summed E-state index contributed by atoms with van der Waals surface area (Å²) < 4.78 is 0. The van der Waals surface area contributed by atoms with E-state index in [0.29, 0.717) is 0 Å². The highest BCUT2D eigenvalue weighted by Gasteiger charge is 1.69. The van der Waals surface area contributed by atoms with Crippen molar-refractivity contribution in [3.05, 3.63) is 48.7 Å². The molecule has 0 amide bonds. The van der Waals surface area contributed by atoms with Gasteiger partial charge in [0.05, 0.1) is 0 Å². The molecule has 0 N–H and O–H groups in total. The normalized spacial score (nSPS) is 12.5. The van der Waals surface area contributed by atoms with Crippen LogP contribution in [0.15, 0.2) is 48.7 Å². The second-order valence-electron chi connectivity index (χ2n) is 2.60. The van der Waals surface area contributed by atoms with Crippen molar-refractivity contribution in [2.75, 3.05) is 14.1 Å². The van der Waals surface area contributed by atoms with Crippen LogP contribution >= 0.6 is 0 Å². The number of rotatable bonds is 5. The van der Waals surface area contributed by atoms with Gasteiger partial charge in [-0.15, -0.1) is 0 Å². The molecule has 2 heteroatoms. The fourth-order valence-electron chi connectivity index (χ4n) is 0.588. The Morgan fingerprint density at radius 3 is 1.69 bits per heavy atom. The Kier molecular flexibility index (Phi) is 7.50. The lowest BCUT2D eigenvalue weighted by atomic mass is 10.4. The first kappa shape index (κ1) is 11.4. The lowest BCUT2D eigenvalue weighted by molar-refractivity contribution is -0.104. The standard InChI is InChI=1S/C11H15NO/c1-12(2)10-8-6-4-3-5-7-9-11-13/h3-11H,1-2H3. The number of nitrogens with zero attached hydrogens (tertiary/aromatic N) is 1. The fourth-order valence-corrected chi connectivity index (χ4v) is 0.588. The van der Waals surface area contributed by atoms with Gasteiger partial charge in [-0.25, -0.2) is 0 Å². The van der Waals surface area contributed by atoms with Crippen LogP contribution < -0.4 is 0 Å². The molecule has 0 atom stereocenters. The number of carbonyl (C=O) groups excluding carboxylic acids is 1. The average Bonchev–Trinajstić information content (AvgIpc) is 2.09. The van der Waals surface area contributed by atoms with Crippen molar-refractivity contribution in [3.63, 3.8) is 0 Å². The second-order valence-corrected chi connectivity index (χ2v) is 2.60. The fraction of sp³-hybridized carbons (Fsp3) is 0.182. The van der Waals surface area contributed by atoms with E-state index in [1.165, 1.54) is 6.08 Å². The summed E-state index contributed by atoms with van der Waals surface area (Å²) in [6, 6.07) is 0. The largest absolute Gasteiger partial charge is 0.383 e. The molecule has 0 fully saturated rings. The first-order valence-corrected chi connectivity index (χ1v) is 4.05. The van der Waals surface area contributed by atoms with Crippen LogP contribution in [0.2, 0.25) is 0 Å². The van der Waals surface area contributed by atoms with E-state index in [4.69, 9.17) is 0 Å². The predicted molar refractivity (Wildman–Crippen MR) is 56.3 cm³/mol. The molecule has 13 heavy (non-hydrogen) atoms. The maximum absolute atomic E-state index is 9.86. The zero-order valence-corrected chi connectivity index (χ0v) is 8.05. The van der Waals surface area contributed by atoms with Crippen molar-refractivity contribution < 1.29 is 4.79 Å². The van der Waals surface area contributed by atoms with Gasteiger partial charge < -0.3 is 4.90 Å². The molecule has 0 spiro atoms. The van der Waals surface area contributed by atoms with Gasteiger partial charge in [-0.05, 0) is 18.4 Å². The van der Waals surface area contributed by atoms with Crippen LogP contribution in [0, 0.1) is 0 Å². The molecule has 0 aliphatic rings. The van der Waals surface area contributed by atoms with Crippen LogP contribution in [0.1, 0.15) is 0 Å². The molecule has 0 aromatic rings. The van der Waals surface area contributed by atoms with Crippen LogP contribution in [0.3, 0.4) is 0 Å². The first-order valence-electron chi connectivity index (χ1n) is 4.05. The maximum atomic E-state index is 9.86. The van der Waals surface area contributed by atoms with E-state index in [1.807, 2.05) is 49.5 Å². The number of aldehydes is 1. The van der Waals surface area contributed by atoms with E-state index in [-0.39, 0.29) is 0 Å². The lowest BCUT2D eigenvalue weighted by Gasteiger charge is -2.00. The Morgan fingerprint density at radius 2 is 1.23 bits per heavy atom. The van der Waals surface area contributed by atoms with E-state index in [9.17, 15) is 4.79 Å². The summed E-state index contributed by atoms with van der Waals surface area (Å²) in [6.45, 7) is 0. The van der Waals surface area contributed by atoms with Crippen LogP contribution in [-0.4, -0.2) is 25.3 Å². The molecule has 0 unspecified atom stereocenters. The van der Waals surface area contributed by atoms with E-state index < -0.39 is 0 Å². The monoisotopic (exact) mass is 177 g/mol. The smallest absolute Gasteiger partial charge is 0.142 e. The number of allylic oxidation sites excluding steroid dienone is 7. The summed E-state index contributed by atoms with van der Waals surface area (Å²) in [5.41, 5.74) is 0. The predicted octanol–water partition coefficient (Wildman–Crippen LogP) is 1.93. The third-order valence-electron chi connectivity index (χ3n) is 1.13. The van der Waals surface area contributed by atoms with Crippen molar-refractivity contribution in [1.82, 2.24) is 4.90 Å². The summed E-state index contributed by atoms with van der Waals surface area (Å²) in [5.74, 6) is 0. The Hall–Kier alpha value is -1.57. The van der Waals surface area contributed by atoms with Gasteiger partial charge >= 0.3 is 0 Å². The average molecular weight is 177 g/mol. The third-order valence-corrected chi connectivity index (χ3v) is 1.13. The van der Waals surface area contributed by atoms with Crippen molar-refractivity contribution in [2.24, 2.45) is 0 Å². The molecule has 0 rings (SSSR count). The highest BCUT2D eigenvalue weighted by Crippen LogP contribution is 1.82. The lowest BCUT2D eigenvalue weighted by Crippen LogP contribution is -1.99. The Morgan fingerprint density at radius 1 is 0.769 bits per heavy atom.